The maximum absolute atomic E-state index is 11.5. The molecule has 0 bridgehead atoms. The van der Waals surface area contributed by atoms with Crippen molar-refractivity contribution >= 4 is 11.9 Å². The Morgan fingerprint density at radius 1 is 1.32 bits per heavy atom. The van der Waals surface area contributed by atoms with Gasteiger partial charge in [0, 0.05) is 19.2 Å². The zero-order valence-corrected chi connectivity index (χ0v) is 12.9. The van der Waals surface area contributed by atoms with Crippen molar-refractivity contribution in [2.24, 2.45) is 0 Å². The van der Waals surface area contributed by atoms with Crippen molar-refractivity contribution in [3.8, 4) is 11.5 Å². The van der Waals surface area contributed by atoms with E-state index < -0.39 is 11.7 Å². The van der Waals surface area contributed by atoms with Gasteiger partial charge in [0.1, 0.15) is 23.4 Å². The average Bonchev–Trinajstić information content (AvgIpc) is 2.96. The average molecular weight is 304 g/mol. The lowest BCUT2D eigenvalue weighted by atomic mass is 10.2. The number of hydrogen-bond donors (Lipinski definition) is 2. The molecule has 0 unspecified atom stereocenters. The number of anilines is 1. The van der Waals surface area contributed by atoms with Gasteiger partial charge in [-0.25, -0.2) is 14.8 Å². The second-order valence-electron chi connectivity index (χ2n) is 5.62. The molecule has 2 heterocycles. The lowest BCUT2D eigenvalue weighted by Gasteiger charge is -2.19. The van der Waals surface area contributed by atoms with Crippen LogP contribution in [-0.4, -0.2) is 34.8 Å². The Morgan fingerprint density at radius 2 is 2.14 bits per heavy atom. The molecule has 0 aliphatic heterocycles. The molecule has 2 aromatic rings. The van der Waals surface area contributed by atoms with Gasteiger partial charge in [0.05, 0.1) is 6.26 Å². The van der Waals surface area contributed by atoms with Crippen LogP contribution in [0.5, 0.6) is 0 Å². The molecule has 2 N–H and O–H groups in total. The first-order chi connectivity index (χ1) is 10.4. The van der Waals surface area contributed by atoms with Crippen LogP contribution in [0.4, 0.5) is 10.6 Å². The molecular weight excluding hydrogens is 284 g/mol. The first kappa shape index (κ1) is 15.8. The van der Waals surface area contributed by atoms with E-state index in [0.717, 1.165) is 0 Å². The summed E-state index contributed by atoms with van der Waals surface area (Å²) >= 11 is 0. The summed E-state index contributed by atoms with van der Waals surface area (Å²) in [5, 5.41) is 5.77. The number of amides is 1. The lowest BCUT2D eigenvalue weighted by Crippen LogP contribution is -2.35. The Kier molecular flexibility index (Phi) is 4.98. The fourth-order valence-corrected chi connectivity index (χ4v) is 1.68. The lowest BCUT2D eigenvalue weighted by molar-refractivity contribution is 0.0530. The van der Waals surface area contributed by atoms with Crippen molar-refractivity contribution in [1.82, 2.24) is 15.3 Å². The van der Waals surface area contributed by atoms with Gasteiger partial charge in [-0.15, -0.1) is 0 Å². The van der Waals surface area contributed by atoms with E-state index in [1.165, 1.54) is 6.33 Å². The van der Waals surface area contributed by atoms with E-state index in [0.29, 0.717) is 30.4 Å². The van der Waals surface area contributed by atoms with Crippen molar-refractivity contribution in [1.29, 1.82) is 0 Å². The summed E-state index contributed by atoms with van der Waals surface area (Å²) in [7, 11) is 0. The number of carbonyl (C=O) groups excluding carboxylic acids is 1. The van der Waals surface area contributed by atoms with Gasteiger partial charge in [-0.2, -0.15) is 0 Å². The summed E-state index contributed by atoms with van der Waals surface area (Å²) in [4.78, 5) is 19.7. The van der Waals surface area contributed by atoms with E-state index in [4.69, 9.17) is 9.15 Å². The molecule has 0 spiro atoms. The number of rotatable bonds is 5. The second-order valence-corrected chi connectivity index (χ2v) is 5.62. The van der Waals surface area contributed by atoms with Crippen LogP contribution in [0, 0.1) is 0 Å². The maximum Gasteiger partial charge on any atom is 0.407 e. The molecule has 0 saturated carbocycles. The Morgan fingerprint density at radius 3 is 2.82 bits per heavy atom. The molecule has 2 aromatic heterocycles. The molecule has 2 rings (SSSR count). The Hall–Kier alpha value is -2.57. The first-order valence-corrected chi connectivity index (χ1v) is 7.01. The third-order valence-corrected chi connectivity index (χ3v) is 2.54. The van der Waals surface area contributed by atoms with Crippen LogP contribution in [-0.2, 0) is 4.74 Å². The predicted molar refractivity (Wildman–Crippen MR) is 82.5 cm³/mol. The van der Waals surface area contributed by atoms with E-state index in [-0.39, 0.29) is 0 Å². The molecule has 0 fully saturated rings. The number of nitrogens with zero attached hydrogens (tertiary/aromatic N) is 2. The number of furan rings is 1. The topological polar surface area (TPSA) is 89.3 Å². The number of carbonyl (C=O) groups is 1. The first-order valence-electron chi connectivity index (χ1n) is 7.01. The molecule has 7 heteroatoms. The van der Waals surface area contributed by atoms with Crippen molar-refractivity contribution in [3.63, 3.8) is 0 Å². The minimum absolute atomic E-state index is 0.426. The molecule has 0 saturated heterocycles. The van der Waals surface area contributed by atoms with Crippen LogP contribution >= 0.6 is 0 Å². The normalized spacial score (nSPS) is 11.0. The number of alkyl carbamates (subject to hydrolysis) is 1. The third kappa shape index (κ3) is 5.08. The van der Waals surface area contributed by atoms with Gasteiger partial charge in [-0.1, -0.05) is 0 Å². The highest BCUT2D eigenvalue weighted by Gasteiger charge is 2.15. The highest BCUT2D eigenvalue weighted by atomic mass is 16.6. The molecule has 0 aliphatic carbocycles. The van der Waals surface area contributed by atoms with E-state index in [1.807, 2.05) is 26.8 Å². The van der Waals surface area contributed by atoms with Crippen molar-refractivity contribution < 1.29 is 13.9 Å². The summed E-state index contributed by atoms with van der Waals surface area (Å²) in [6.07, 6.45) is 2.62. The van der Waals surface area contributed by atoms with Crippen molar-refractivity contribution in [3.05, 3.63) is 30.8 Å². The molecule has 22 heavy (non-hydrogen) atoms. The molecule has 0 atom stereocenters. The summed E-state index contributed by atoms with van der Waals surface area (Å²) in [5.41, 5.74) is 0.199. The molecule has 0 aliphatic rings. The van der Waals surface area contributed by atoms with E-state index in [9.17, 15) is 4.79 Å². The molecule has 0 radical (unpaired) electrons. The van der Waals surface area contributed by atoms with Crippen LogP contribution in [0.25, 0.3) is 11.5 Å². The minimum Gasteiger partial charge on any atom is -0.463 e. The third-order valence-electron chi connectivity index (χ3n) is 2.54. The Balaban J connectivity index is 1.78. The van der Waals surface area contributed by atoms with Crippen LogP contribution < -0.4 is 10.6 Å². The summed E-state index contributed by atoms with van der Waals surface area (Å²) < 4.78 is 10.4. The fourth-order valence-electron chi connectivity index (χ4n) is 1.68. The SMILES string of the molecule is CC(C)(C)OC(=O)NCCNc1cc(-c2ccco2)ncn1. The van der Waals surface area contributed by atoms with Crippen LogP contribution in [0.1, 0.15) is 20.8 Å². The van der Waals surface area contributed by atoms with Gasteiger partial charge in [0.15, 0.2) is 5.76 Å². The van der Waals surface area contributed by atoms with Gasteiger partial charge in [0.2, 0.25) is 0 Å². The van der Waals surface area contributed by atoms with Gasteiger partial charge in [-0.05, 0) is 32.9 Å². The van der Waals surface area contributed by atoms with Crippen LogP contribution in [0.3, 0.4) is 0 Å². The second kappa shape index (κ2) is 6.93. The number of nitrogens with one attached hydrogen (secondary N) is 2. The standard InChI is InChI=1S/C15H20N4O3/c1-15(2,3)22-14(20)17-7-6-16-13-9-11(18-10-19-13)12-5-4-8-21-12/h4-5,8-10H,6-7H2,1-3H3,(H,17,20)(H,16,18,19). The summed E-state index contributed by atoms with van der Waals surface area (Å²) in [5.74, 6) is 1.34. The highest BCUT2D eigenvalue weighted by Crippen LogP contribution is 2.18. The largest absolute Gasteiger partial charge is 0.463 e. The number of aromatic nitrogens is 2. The molecule has 0 aromatic carbocycles. The zero-order chi connectivity index (χ0) is 16.0. The Bertz CT molecular complexity index is 606. The monoisotopic (exact) mass is 304 g/mol. The number of hydrogen-bond acceptors (Lipinski definition) is 6. The van der Waals surface area contributed by atoms with E-state index in [2.05, 4.69) is 20.6 Å². The minimum atomic E-state index is -0.498. The predicted octanol–water partition coefficient (Wildman–Crippen LogP) is 2.67. The molecule has 1 amide bonds. The van der Waals surface area contributed by atoms with Gasteiger partial charge in [0.25, 0.3) is 0 Å². The van der Waals surface area contributed by atoms with Crippen molar-refractivity contribution in [2.45, 2.75) is 26.4 Å². The van der Waals surface area contributed by atoms with Crippen LogP contribution in [0.2, 0.25) is 0 Å². The smallest absolute Gasteiger partial charge is 0.407 e. The van der Waals surface area contributed by atoms with Gasteiger partial charge in [-0.3, -0.25) is 0 Å². The molecule has 7 nitrogen and oxygen atoms in total. The quantitative estimate of drug-likeness (QED) is 0.825. The maximum atomic E-state index is 11.5. The fraction of sp³-hybridized carbons (Fsp3) is 0.400. The van der Waals surface area contributed by atoms with E-state index in [1.54, 1.807) is 18.4 Å². The van der Waals surface area contributed by atoms with E-state index >= 15 is 0 Å². The van der Waals surface area contributed by atoms with Crippen molar-refractivity contribution in [2.75, 3.05) is 18.4 Å². The summed E-state index contributed by atoms with van der Waals surface area (Å²) in [6, 6.07) is 5.41. The van der Waals surface area contributed by atoms with Gasteiger partial charge < -0.3 is 19.8 Å². The van der Waals surface area contributed by atoms with Crippen LogP contribution in [0.15, 0.2) is 35.2 Å². The zero-order valence-electron chi connectivity index (χ0n) is 12.9. The van der Waals surface area contributed by atoms with Gasteiger partial charge >= 0.3 is 6.09 Å². The Labute approximate surface area is 129 Å². The summed E-state index contributed by atoms with van der Waals surface area (Å²) in [6.45, 7) is 6.41. The molecule has 118 valence electrons. The number of ether oxygens (including phenoxy) is 1. The molecular formula is C15H20N4O3. The highest BCUT2D eigenvalue weighted by molar-refractivity contribution is 5.67.